The molecule has 0 saturated carbocycles. The van der Waals surface area contributed by atoms with Crippen LogP contribution in [0.5, 0.6) is 0 Å². The van der Waals surface area contributed by atoms with Crippen LogP contribution in [0.2, 0.25) is 0 Å². The first kappa shape index (κ1) is 18.3. The summed E-state index contributed by atoms with van der Waals surface area (Å²) in [5, 5.41) is 2.90. The highest BCUT2D eigenvalue weighted by Gasteiger charge is 2.39. The molecule has 0 saturated heterocycles. The topological polar surface area (TPSA) is 55.4 Å². The van der Waals surface area contributed by atoms with Crippen molar-refractivity contribution in [2.24, 2.45) is 11.3 Å². The summed E-state index contributed by atoms with van der Waals surface area (Å²) in [5.74, 6) is 0.419. The zero-order valence-corrected chi connectivity index (χ0v) is 13.7. The second kappa shape index (κ2) is 8.46. The molecule has 0 aliphatic carbocycles. The van der Waals surface area contributed by atoms with Gasteiger partial charge in [-0.2, -0.15) is 11.8 Å². The van der Waals surface area contributed by atoms with Gasteiger partial charge in [0.25, 0.3) is 0 Å². The van der Waals surface area contributed by atoms with Crippen molar-refractivity contribution in [2.45, 2.75) is 47.6 Å². The number of nitrogens with one attached hydrogen (secondary N) is 1. The number of carbonyl (C=O) groups excluding carboxylic acids is 2. The molecule has 0 aromatic rings. The highest BCUT2D eigenvalue weighted by atomic mass is 32.2. The van der Waals surface area contributed by atoms with E-state index in [0.29, 0.717) is 6.61 Å². The van der Waals surface area contributed by atoms with Crippen LogP contribution >= 0.6 is 11.8 Å². The Labute approximate surface area is 121 Å². The molecule has 4 nitrogen and oxygen atoms in total. The molecule has 112 valence electrons. The van der Waals surface area contributed by atoms with Gasteiger partial charge in [0.1, 0.15) is 5.92 Å². The smallest absolute Gasteiger partial charge is 0.319 e. The van der Waals surface area contributed by atoms with Crippen LogP contribution in [-0.4, -0.2) is 36.0 Å². The summed E-state index contributed by atoms with van der Waals surface area (Å²) in [4.78, 5) is 24.2. The molecule has 5 heteroatoms. The average molecular weight is 289 g/mol. The summed E-state index contributed by atoms with van der Waals surface area (Å²) in [6.07, 6.45) is 0. The summed E-state index contributed by atoms with van der Waals surface area (Å²) in [6.45, 7) is 11.7. The number of rotatable bonds is 7. The Kier molecular flexibility index (Phi) is 8.14. The monoisotopic (exact) mass is 289 g/mol. The number of hydrogen-bond acceptors (Lipinski definition) is 4. The van der Waals surface area contributed by atoms with Crippen LogP contribution in [0.4, 0.5) is 0 Å². The molecule has 1 amide bonds. The van der Waals surface area contributed by atoms with Gasteiger partial charge in [0, 0.05) is 11.8 Å². The fourth-order valence-corrected chi connectivity index (χ4v) is 2.41. The van der Waals surface area contributed by atoms with E-state index in [-0.39, 0.29) is 11.9 Å². The second-order valence-corrected chi connectivity index (χ2v) is 6.94. The molecule has 0 aliphatic rings. The average Bonchev–Trinajstić information content (AvgIpc) is 2.24. The number of amides is 1. The summed E-state index contributed by atoms with van der Waals surface area (Å²) >= 11 is 1.77. The molecule has 0 aliphatic heterocycles. The molecular formula is C14H27NO3S. The van der Waals surface area contributed by atoms with Gasteiger partial charge >= 0.3 is 5.97 Å². The van der Waals surface area contributed by atoms with E-state index < -0.39 is 17.3 Å². The van der Waals surface area contributed by atoms with Crippen LogP contribution in [0.1, 0.15) is 41.5 Å². The molecule has 0 aromatic carbocycles. The maximum Gasteiger partial charge on any atom is 0.319 e. The maximum absolute atomic E-state index is 12.3. The van der Waals surface area contributed by atoms with Gasteiger partial charge in [0.2, 0.25) is 5.91 Å². The number of ether oxygens (including phenoxy) is 1. The lowest BCUT2D eigenvalue weighted by Crippen LogP contribution is -2.47. The summed E-state index contributed by atoms with van der Waals surface area (Å²) < 4.78 is 5.01. The minimum absolute atomic E-state index is 0.0525. The van der Waals surface area contributed by atoms with Crippen molar-refractivity contribution >= 4 is 23.6 Å². The van der Waals surface area contributed by atoms with E-state index in [0.717, 1.165) is 11.5 Å². The molecule has 0 bridgehead atoms. The highest BCUT2D eigenvalue weighted by Crippen LogP contribution is 2.27. The van der Waals surface area contributed by atoms with Gasteiger partial charge in [-0.15, -0.1) is 0 Å². The predicted octanol–water partition coefficient (Wildman–Crippen LogP) is 2.47. The molecule has 2 atom stereocenters. The number of hydrogen-bond donors (Lipinski definition) is 1. The lowest BCUT2D eigenvalue weighted by atomic mass is 9.80. The van der Waals surface area contributed by atoms with Crippen molar-refractivity contribution in [1.29, 1.82) is 0 Å². The Balaban J connectivity index is 4.69. The molecule has 0 radical (unpaired) electrons. The fourth-order valence-electron chi connectivity index (χ4n) is 1.74. The van der Waals surface area contributed by atoms with Crippen molar-refractivity contribution < 1.29 is 14.3 Å². The first-order valence-electron chi connectivity index (χ1n) is 6.78. The second-order valence-electron chi connectivity index (χ2n) is 5.62. The zero-order valence-electron chi connectivity index (χ0n) is 12.9. The van der Waals surface area contributed by atoms with E-state index in [9.17, 15) is 9.59 Å². The summed E-state index contributed by atoms with van der Waals surface area (Å²) in [5.41, 5.74) is -0.450. The molecule has 0 aromatic heterocycles. The maximum atomic E-state index is 12.3. The Hall–Kier alpha value is -0.710. The van der Waals surface area contributed by atoms with Crippen molar-refractivity contribution in [3.63, 3.8) is 0 Å². The molecule has 0 spiro atoms. The van der Waals surface area contributed by atoms with Gasteiger partial charge in [-0.1, -0.05) is 27.7 Å². The predicted molar refractivity (Wildman–Crippen MR) is 80.2 cm³/mol. The van der Waals surface area contributed by atoms with Crippen LogP contribution in [0, 0.1) is 11.3 Å². The Morgan fingerprint density at radius 3 is 2.26 bits per heavy atom. The van der Waals surface area contributed by atoms with Crippen molar-refractivity contribution in [2.75, 3.05) is 18.1 Å². The van der Waals surface area contributed by atoms with E-state index in [4.69, 9.17) is 4.74 Å². The third kappa shape index (κ3) is 6.85. The van der Waals surface area contributed by atoms with E-state index in [2.05, 4.69) is 12.2 Å². The third-order valence-corrected chi connectivity index (χ3v) is 3.76. The first-order chi connectivity index (χ1) is 8.73. The van der Waals surface area contributed by atoms with E-state index in [1.807, 2.05) is 27.7 Å². The van der Waals surface area contributed by atoms with E-state index >= 15 is 0 Å². The van der Waals surface area contributed by atoms with Gasteiger partial charge in [0.05, 0.1) is 6.61 Å². The number of esters is 1. The van der Waals surface area contributed by atoms with Gasteiger partial charge in [0.15, 0.2) is 0 Å². The minimum atomic E-state index is -0.762. The molecule has 1 N–H and O–H groups in total. The SMILES string of the molecule is CCOC(=O)C(C(=O)NC(C)CSCC)C(C)(C)C. The van der Waals surface area contributed by atoms with Crippen LogP contribution in [0.25, 0.3) is 0 Å². The van der Waals surface area contributed by atoms with Gasteiger partial charge in [-0.25, -0.2) is 0 Å². The van der Waals surface area contributed by atoms with Gasteiger partial charge in [-0.05, 0) is 25.0 Å². The zero-order chi connectivity index (χ0) is 15.1. The summed E-state index contributed by atoms with van der Waals surface area (Å²) in [7, 11) is 0. The lowest BCUT2D eigenvalue weighted by Gasteiger charge is -2.28. The lowest BCUT2D eigenvalue weighted by molar-refractivity contribution is -0.156. The third-order valence-electron chi connectivity index (χ3n) is 2.61. The van der Waals surface area contributed by atoms with E-state index in [1.54, 1.807) is 18.7 Å². The standard InChI is InChI=1S/C14H27NO3S/c1-7-18-13(17)11(14(4,5)6)12(16)15-10(3)9-19-8-2/h10-11H,7-9H2,1-6H3,(H,15,16). The number of carbonyl (C=O) groups is 2. The quantitative estimate of drug-likeness (QED) is 0.578. The van der Waals surface area contributed by atoms with E-state index in [1.165, 1.54) is 0 Å². The Bertz CT molecular complexity index is 300. The summed E-state index contributed by atoms with van der Waals surface area (Å²) in [6, 6.07) is 0.0525. The molecule has 2 unspecified atom stereocenters. The van der Waals surface area contributed by atoms with Crippen molar-refractivity contribution in [3.8, 4) is 0 Å². The minimum Gasteiger partial charge on any atom is -0.465 e. The Morgan fingerprint density at radius 1 is 1.26 bits per heavy atom. The highest BCUT2D eigenvalue weighted by molar-refractivity contribution is 7.99. The van der Waals surface area contributed by atoms with Crippen LogP contribution < -0.4 is 5.32 Å². The Morgan fingerprint density at radius 2 is 1.84 bits per heavy atom. The number of thioether (sulfide) groups is 1. The van der Waals surface area contributed by atoms with Crippen LogP contribution in [-0.2, 0) is 14.3 Å². The molecule has 19 heavy (non-hydrogen) atoms. The first-order valence-corrected chi connectivity index (χ1v) is 7.94. The largest absolute Gasteiger partial charge is 0.465 e. The van der Waals surface area contributed by atoms with Crippen molar-refractivity contribution in [3.05, 3.63) is 0 Å². The van der Waals surface area contributed by atoms with Crippen LogP contribution in [0.3, 0.4) is 0 Å². The van der Waals surface area contributed by atoms with Gasteiger partial charge < -0.3 is 10.1 Å². The molecule has 0 rings (SSSR count). The normalized spacial score (nSPS) is 14.6. The van der Waals surface area contributed by atoms with Crippen LogP contribution in [0.15, 0.2) is 0 Å². The van der Waals surface area contributed by atoms with Gasteiger partial charge in [-0.3, -0.25) is 9.59 Å². The molecular weight excluding hydrogens is 262 g/mol. The fraction of sp³-hybridized carbons (Fsp3) is 0.857. The molecule has 0 heterocycles. The molecule has 0 fully saturated rings. The van der Waals surface area contributed by atoms with Crippen molar-refractivity contribution in [1.82, 2.24) is 5.32 Å².